The number of rotatable bonds is 5. The Morgan fingerprint density at radius 1 is 1.40 bits per heavy atom. The van der Waals surface area contributed by atoms with Gasteiger partial charge in [0, 0.05) is 15.9 Å². The van der Waals surface area contributed by atoms with Crippen LogP contribution in [0.25, 0.3) is 0 Å². The van der Waals surface area contributed by atoms with E-state index in [0.29, 0.717) is 5.02 Å². The van der Waals surface area contributed by atoms with Crippen LogP contribution in [0, 0.1) is 6.92 Å². The van der Waals surface area contributed by atoms with Gasteiger partial charge in [-0.2, -0.15) is 0 Å². The van der Waals surface area contributed by atoms with E-state index in [1.54, 1.807) is 11.3 Å². The summed E-state index contributed by atoms with van der Waals surface area (Å²) in [4.78, 5) is 1.18. The zero-order valence-corrected chi connectivity index (χ0v) is 14.6. The molecule has 0 bridgehead atoms. The largest absolute Gasteiger partial charge is 0.482 e. The third-order valence-corrected chi connectivity index (χ3v) is 5.10. The summed E-state index contributed by atoms with van der Waals surface area (Å²) in [6.07, 6.45) is 0.713. The van der Waals surface area contributed by atoms with Gasteiger partial charge in [0.2, 0.25) is 0 Å². The summed E-state index contributed by atoms with van der Waals surface area (Å²) in [5.41, 5.74) is 7.46. The van der Waals surface area contributed by atoms with Gasteiger partial charge < -0.3 is 10.5 Å². The Labute approximate surface area is 137 Å². The lowest BCUT2D eigenvalue weighted by atomic mass is 10.1. The SMILES string of the molecule is CCC(N)C(Oc1ccc(Cl)cc1Br)c1sccc1C. The van der Waals surface area contributed by atoms with Gasteiger partial charge in [-0.3, -0.25) is 0 Å². The molecule has 20 heavy (non-hydrogen) atoms. The van der Waals surface area contributed by atoms with E-state index in [9.17, 15) is 0 Å². The summed E-state index contributed by atoms with van der Waals surface area (Å²) < 4.78 is 7.00. The molecule has 2 rings (SSSR count). The Morgan fingerprint density at radius 2 is 2.15 bits per heavy atom. The third-order valence-electron chi connectivity index (χ3n) is 3.17. The summed E-state index contributed by atoms with van der Waals surface area (Å²) in [7, 11) is 0. The molecule has 0 radical (unpaired) electrons. The van der Waals surface area contributed by atoms with Crippen LogP contribution >= 0.6 is 38.9 Å². The number of ether oxygens (including phenoxy) is 1. The van der Waals surface area contributed by atoms with E-state index < -0.39 is 0 Å². The summed E-state index contributed by atoms with van der Waals surface area (Å²) in [5.74, 6) is 0.760. The Balaban J connectivity index is 2.31. The summed E-state index contributed by atoms with van der Waals surface area (Å²) in [6, 6.07) is 7.56. The van der Waals surface area contributed by atoms with Gasteiger partial charge in [0.1, 0.15) is 11.9 Å². The average Bonchev–Trinajstić information content (AvgIpc) is 2.83. The van der Waals surface area contributed by atoms with Crippen LogP contribution in [0.5, 0.6) is 5.75 Å². The average molecular weight is 375 g/mol. The van der Waals surface area contributed by atoms with Crippen molar-refractivity contribution in [1.29, 1.82) is 0 Å². The van der Waals surface area contributed by atoms with Crippen molar-refractivity contribution in [1.82, 2.24) is 0 Å². The van der Waals surface area contributed by atoms with Gasteiger partial charge in [-0.15, -0.1) is 11.3 Å². The van der Waals surface area contributed by atoms with Crippen LogP contribution in [0.3, 0.4) is 0 Å². The van der Waals surface area contributed by atoms with Gasteiger partial charge in [-0.1, -0.05) is 18.5 Å². The normalized spacial score (nSPS) is 14.1. The molecule has 0 fully saturated rings. The highest BCUT2D eigenvalue weighted by atomic mass is 79.9. The Morgan fingerprint density at radius 3 is 2.70 bits per heavy atom. The maximum absolute atomic E-state index is 6.25. The van der Waals surface area contributed by atoms with E-state index >= 15 is 0 Å². The number of benzene rings is 1. The number of halogens is 2. The molecular formula is C15H17BrClNOS. The quantitative estimate of drug-likeness (QED) is 0.767. The number of hydrogen-bond donors (Lipinski definition) is 1. The first-order valence-corrected chi connectivity index (χ1v) is 8.49. The second-order valence-electron chi connectivity index (χ2n) is 4.65. The first kappa shape index (κ1) is 15.8. The van der Waals surface area contributed by atoms with Crippen molar-refractivity contribution >= 4 is 38.9 Å². The summed E-state index contributed by atoms with van der Waals surface area (Å²) in [6.45, 7) is 4.16. The van der Waals surface area contributed by atoms with Gasteiger partial charge in [-0.25, -0.2) is 0 Å². The Kier molecular flexibility index (Phi) is 5.49. The lowest BCUT2D eigenvalue weighted by Gasteiger charge is -2.25. The van der Waals surface area contributed by atoms with Gasteiger partial charge in [0.25, 0.3) is 0 Å². The molecule has 1 heterocycles. The molecule has 1 aromatic heterocycles. The van der Waals surface area contributed by atoms with Crippen LogP contribution < -0.4 is 10.5 Å². The highest BCUT2D eigenvalue weighted by molar-refractivity contribution is 9.10. The second-order valence-corrected chi connectivity index (χ2v) is 6.89. The van der Waals surface area contributed by atoms with E-state index in [1.807, 2.05) is 18.2 Å². The molecule has 2 aromatic rings. The Bertz CT molecular complexity index is 587. The standard InChI is InChI=1S/C15H17BrClNOS/c1-3-12(18)14(15-9(2)6-7-20-15)19-13-5-4-10(17)8-11(13)16/h4-8,12,14H,3,18H2,1-2H3. The molecule has 0 spiro atoms. The lowest BCUT2D eigenvalue weighted by molar-refractivity contribution is 0.173. The monoisotopic (exact) mass is 373 g/mol. The van der Waals surface area contributed by atoms with Gasteiger partial charge >= 0.3 is 0 Å². The molecule has 2 N–H and O–H groups in total. The van der Waals surface area contributed by atoms with Crippen LogP contribution in [0.15, 0.2) is 34.1 Å². The van der Waals surface area contributed by atoms with Crippen molar-refractivity contribution in [3.63, 3.8) is 0 Å². The van der Waals surface area contributed by atoms with Crippen LogP contribution in [0.1, 0.15) is 29.9 Å². The fraction of sp³-hybridized carbons (Fsp3) is 0.333. The molecule has 2 unspecified atom stereocenters. The van der Waals surface area contributed by atoms with Crippen LogP contribution in [0.2, 0.25) is 5.02 Å². The predicted molar refractivity (Wildman–Crippen MR) is 89.8 cm³/mol. The predicted octanol–water partition coefficient (Wildman–Crippen LogP) is 5.33. The number of thiophene rings is 1. The highest BCUT2D eigenvalue weighted by Crippen LogP contribution is 2.35. The fourth-order valence-corrected chi connectivity index (χ4v) is 3.74. The molecular weight excluding hydrogens is 358 g/mol. The molecule has 0 amide bonds. The van der Waals surface area contributed by atoms with E-state index in [4.69, 9.17) is 22.1 Å². The van der Waals surface area contributed by atoms with Crippen molar-refractivity contribution in [2.75, 3.05) is 0 Å². The minimum atomic E-state index is -0.141. The number of aryl methyl sites for hydroxylation is 1. The third kappa shape index (κ3) is 3.55. The zero-order valence-electron chi connectivity index (χ0n) is 11.4. The van der Waals surface area contributed by atoms with Crippen LogP contribution in [-0.2, 0) is 0 Å². The van der Waals surface area contributed by atoms with E-state index in [1.165, 1.54) is 10.4 Å². The molecule has 2 atom stereocenters. The molecule has 2 nitrogen and oxygen atoms in total. The molecule has 0 saturated carbocycles. The zero-order chi connectivity index (χ0) is 14.7. The topological polar surface area (TPSA) is 35.2 Å². The lowest BCUT2D eigenvalue weighted by Crippen LogP contribution is -2.31. The van der Waals surface area contributed by atoms with Gasteiger partial charge in [0.05, 0.1) is 4.47 Å². The maximum atomic E-state index is 6.25. The summed E-state index contributed by atoms with van der Waals surface area (Å²) >= 11 is 11.1. The minimum Gasteiger partial charge on any atom is -0.482 e. The number of hydrogen-bond acceptors (Lipinski definition) is 3. The molecule has 108 valence electrons. The van der Waals surface area contributed by atoms with Crippen molar-refractivity contribution in [2.45, 2.75) is 32.4 Å². The molecule has 1 aromatic carbocycles. The van der Waals surface area contributed by atoms with E-state index in [0.717, 1.165) is 16.6 Å². The highest BCUT2D eigenvalue weighted by Gasteiger charge is 2.24. The smallest absolute Gasteiger partial charge is 0.148 e. The van der Waals surface area contributed by atoms with Crippen LogP contribution in [0.4, 0.5) is 0 Å². The van der Waals surface area contributed by atoms with Gasteiger partial charge in [-0.05, 0) is 64.5 Å². The molecule has 5 heteroatoms. The Hall–Kier alpha value is -0.550. The molecule has 0 aliphatic rings. The van der Waals surface area contributed by atoms with E-state index in [-0.39, 0.29) is 12.1 Å². The van der Waals surface area contributed by atoms with Crippen LogP contribution in [-0.4, -0.2) is 6.04 Å². The van der Waals surface area contributed by atoms with Crippen molar-refractivity contribution in [3.05, 3.63) is 49.6 Å². The maximum Gasteiger partial charge on any atom is 0.148 e. The molecule has 0 aliphatic heterocycles. The molecule has 0 aliphatic carbocycles. The van der Waals surface area contributed by atoms with Crippen molar-refractivity contribution in [3.8, 4) is 5.75 Å². The van der Waals surface area contributed by atoms with Gasteiger partial charge in [0.15, 0.2) is 0 Å². The number of nitrogens with two attached hydrogens (primary N) is 1. The van der Waals surface area contributed by atoms with Crippen molar-refractivity contribution < 1.29 is 4.74 Å². The first-order valence-electron chi connectivity index (χ1n) is 6.44. The second kappa shape index (κ2) is 6.94. The fourth-order valence-electron chi connectivity index (χ4n) is 1.93. The summed E-state index contributed by atoms with van der Waals surface area (Å²) in [5, 5.41) is 2.74. The van der Waals surface area contributed by atoms with Crippen molar-refractivity contribution in [2.24, 2.45) is 5.73 Å². The molecule has 0 saturated heterocycles. The minimum absolute atomic E-state index is 0.0464. The first-order chi connectivity index (χ1) is 9.52. The van der Waals surface area contributed by atoms with E-state index in [2.05, 4.69) is 41.2 Å².